The smallest absolute Gasteiger partial charge is 0.130 e. The standard InChI is InChI=1S/C16H25N3O/c1-11(20)5-6-14-7-9-15(10-8-14)19-16(12(2)17)13(3)18-4/h7-10,13,16,18-19H,2,5-6,17H2,1,3-4H3. The molecule has 0 aliphatic rings. The van der Waals surface area contributed by atoms with Crippen LogP contribution < -0.4 is 16.4 Å². The number of nitrogens with one attached hydrogen (secondary N) is 2. The molecule has 1 aromatic carbocycles. The number of carbonyl (C=O) groups excluding carboxylic acids is 1. The third-order valence-electron chi connectivity index (χ3n) is 3.40. The molecule has 0 saturated heterocycles. The molecule has 0 aromatic heterocycles. The van der Waals surface area contributed by atoms with Gasteiger partial charge in [0, 0.05) is 23.8 Å². The van der Waals surface area contributed by atoms with Crippen molar-refractivity contribution in [2.75, 3.05) is 12.4 Å². The first-order chi connectivity index (χ1) is 9.43. The fourth-order valence-corrected chi connectivity index (χ4v) is 1.97. The molecule has 0 saturated carbocycles. The van der Waals surface area contributed by atoms with Crippen molar-refractivity contribution < 1.29 is 4.79 Å². The van der Waals surface area contributed by atoms with Crippen LogP contribution in [0.15, 0.2) is 36.5 Å². The average Bonchev–Trinajstić information content (AvgIpc) is 2.42. The molecule has 4 heteroatoms. The minimum Gasteiger partial charge on any atom is -0.401 e. The highest BCUT2D eigenvalue weighted by atomic mass is 16.1. The molecule has 2 unspecified atom stereocenters. The molecule has 0 amide bonds. The van der Waals surface area contributed by atoms with Gasteiger partial charge in [0.15, 0.2) is 0 Å². The molecule has 2 atom stereocenters. The van der Waals surface area contributed by atoms with E-state index in [1.165, 1.54) is 0 Å². The number of ketones is 1. The molecule has 0 fully saturated rings. The molecule has 0 heterocycles. The first kappa shape index (κ1) is 16.2. The van der Waals surface area contributed by atoms with Crippen molar-refractivity contribution in [1.82, 2.24) is 5.32 Å². The molecular weight excluding hydrogens is 250 g/mol. The van der Waals surface area contributed by atoms with Crippen LogP contribution in [0.3, 0.4) is 0 Å². The minimum atomic E-state index is -0.0249. The lowest BCUT2D eigenvalue weighted by atomic mass is 10.1. The van der Waals surface area contributed by atoms with E-state index >= 15 is 0 Å². The van der Waals surface area contributed by atoms with Crippen LogP contribution in [-0.4, -0.2) is 24.9 Å². The monoisotopic (exact) mass is 275 g/mol. The third-order valence-corrected chi connectivity index (χ3v) is 3.40. The number of nitrogens with two attached hydrogens (primary N) is 1. The van der Waals surface area contributed by atoms with Crippen LogP contribution in [0.25, 0.3) is 0 Å². The molecule has 4 N–H and O–H groups in total. The zero-order valence-electron chi connectivity index (χ0n) is 12.6. The van der Waals surface area contributed by atoms with Crippen LogP contribution >= 0.6 is 0 Å². The van der Waals surface area contributed by atoms with Crippen molar-refractivity contribution in [3.63, 3.8) is 0 Å². The van der Waals surface area contributed by atoms with Crippen LogP contribution in [0.5, 0.6) is 0 Å². The van der Waals surface area contributed by atoms with Crippen molar-refractivity contribution in [2.45, 2.75) is 38.8 Å². The summed E-state index contributed by atoms with van der Waals surface area (Å²) in [5, 5.41) is 6.54. The normalized spacial score (nSPS) is 13.6. The van der Waals surface area contributed by atoms with E-state index in [-0.39, 0.29) is 17.9 Å². The summed E-state index contributed by atoms with van der Waals surface area (Å²) in [6.45, 7) is 7.49. The van der Waals surface area contributed by atoms with Crippen LogP contribution in [-0.2, 0) is 11.2 Å². The van der Waals surface area contributed by atoms with Crippen LogP contribution in [0.4, 0.5) is 5.69 Å². The summed E-state index contributed by atoms with van der Waals surface area (Å²) in [6.07, 6.45) is 1.38. The Labute approximate surface area is 121 Å². The second kappa shape index (κ2) is 7.70. The summed E-state index contributed by atoms with van der Waals surface area (Å²) in [7, 11) is 1.90. The Morgan fingerprint density at radius 3 is 2.40 bits per heavy atom. The molecule has 0 aliphatic carbocycles. The Hall–Kier alpha value is -1.81. The van der Waals surface area contributed by atoms with Crippen LogP contribution in [0.2, 0.25) is 0 Å². The van der Waals surface area contributed by atoms with Gasteiger partial charge in [-0.25, -0.2) is 0 Å². The van der Waals surface area contributed by atoms with E-state index < -0.39 is 0 Å². The van der Waals surface area contributed by atoms with Gasteiger partial charge in [-0.15, -0.1) is 0 Å². The molecular formula is C16H25N3O. The first-order valence-corrected chi connectivity index (χ1v) is 6.90. The maximum absolute atomic E-state index is 11.0. The van der Waals surface area contributed by atoms with Gasteiger partial charge in [0.2, 0.25) is 0 Å². The number of aryl methyl sites for hydroxylation is 1. The van der Waals surface area contributed by atoms with Gasteiger partial charge in [0.25, 0.3) is 0 Å². The van der Waals surface area contributed by atoms with Crippen molar-refractivity contribution >= 4 is 11.5 Å². The summed E-state index contributed by atoms with van der Waals surface area (Å²) in [6, 6.07) is 8.24. The largest absolute Gasteiger partial charge is 0.401 e. The van der Waals surface area contributed by atoms with Gasteiger partial charge >= 0.3 is 0 Å². The van der Waals surface area contributed by atoms with E-state index in [1.54, 1.807) is 6.92 Å². The Morgan fingerprint density at radius 2 is 1.95 bits per heavy atom. The second-order valence-corrected chi connectivity index (χ2v) is 5.17. The Bertz CT molecular complexity index is 453. The molecule has 0 radical (unpaired) electrons. The number of benzene rings is 1. The highest BCUT2D eigenvalue weighted by Crippen LogP contribution is 2.15. The predicted octanol–water partition coefficient (Wildman–Crippen LogP) is 2.07. The average molecular weight is 275 g/mol. The van der Waals surface area contributed by atoms with Crippen molar-refractivity contribution in [1.29, 1.82) is 0 Å². The van der Waals surface area contributed by atoms with Crippen LogP contribution in [0.1, 0.15) is 25.8 Å². The van der Waals surface area contributed by atoms with Crippen molar-refractivity contribution in [3.05, 3.63) is 42.1 Å². The fourth-order valence-electron chi connectivity index (χ4n) is 1.97. The fraction of sp³-hybridized carbons (Fsp3) is 0.438. The topological polar surface area (TPSA) is 67.1 Å². The van der Waals surface area contributed by atoms with Crippen molar-refractivity contribution in [2.24, 2.45) is 5.73 Å². The summed E-state index contributed by atoms with van der Waals surface area (Å²) in [5.41, 5.74) is 8.60. The number of hydrogen-bond donors (Lipinski definition) is 3. The Balaban J connectivity index is 2.67. The lowest BCUT2D eigenvalue weighted by Crippen LogP contribution is -2.43. The maximum atomic E-state index is 11.0. The highest BCUT2D eigenvalue weighted by molar-refractivity contribution is 5.75. The molecule has 4 nitrogen and oxygen atoms in total. The molecule has 110 valence electrons. The number of anilines is 1. The van der Waals surface area contributed by atoms with Gasteiger partial charge in [-0.05, 0) is 45.0 Å². The van der Waals surface area contributed by atoms with E-state index in [2.05, 4.69) is 24.1 Å². The number of Topliss-reactive ketones (excluding diaryl/α,β-unsaturated/α-hetero) is 1. The van der Waals surface area contributed by atoms with Gasteiger partial charge in [0.1, 0.15) is 5.78 Å². The van der Waals surface area contributed by atoms with E-state index in [4.69, 9.17) is 5.73 Å². The summed E-state index contributed by atoms with van der Waals surface area (Å²) in [5.74, 6) is 0.217. The van der Waals surface area contributed by atoms with Crippen molar-refractivity contribution in [3.8, 4) is 0 Å². The van der Waals surface area contributed by atoms with Crippen LogP contribution in [0, 0.1) is 0 Å². The second-order valence-electron chi connectivity index (χ2n) is 5.17. The summed E-state index contributed by atoms with van der Waals surface area (Å²) < 4.78 is 0. The number of carbonyl (C=O) groups is 1. The number of rotatable bonds is 8. The van der Waals surface area contributed by atoms with Gasteiger partial charge in [0.05, 0.1) is 6.04 Å². The van der Waals surface area contributed by atoms with E-state index in [0.717, 1.165) is 17.7 Å². The van der Waals surface area contributed by atoms with Gasteiger partial charge in [-0.1, -0.05) is 18.7 Å². The molecule has 0 bridgehead atoms. The highest BCUT2D eigenvalue weighted by Gasteiger charge is 2.16. The van der Waals surface area contributed by atoms with E-state index in [0.29, 0.717) is 12.1 Å². The van der Waals surface area contributed by atoms with E-state index in [9.17, 15) is 4.79 Å². The zero-order valence-corrected chi connectivity index (χ0v) is 12.6. The summed E-state index contributed by atoms with van der Waals surface area (Å²) in [4.78, 5) is 11.0. The minimum absolute atomic E-state index is 0.0249. The number of likely N-dealkylation sites (N-methyl/N-ethyl adjacent to an activating group) is 1. The zero-order chi connectivity index (χ0) is 15.1. The lowest BCUT2D eigenvalue weighted by molar-refractivity contribution is -0.116. The van der Waals surface area contributed by atoms with Gasteiger partial charge in [-0.3, -0.25) is 0 Å². The number of hydrogen-bond acceptors (Lipinski definition) is 4. The van der Waals surface area contributed by atoms with Gasteiger partial charge < -0.3 is 21.2 Å². The van der Waals surface area contributed by atoms with E-state index in [1.807, 2.05) is 31.3 Å². The first-order valence-electron chi connectivity index (χ1n) is 6.90. The molecule has 20 heavy (non-hydrogen) atoms. The molecule has 1 aromatic rings. The Morgan fingerprint density at radius 1 is 1.35 bits per heavy atom. The molecule has 1 rings (SSSR count). The van der Waals surface area contributed by atoms with Gasteiger partial charge in [-0.2, -0.15) is 0 Å². The quantitative estimate of drug-likeness (QED) is 0.679. The SMILES string of the molecule is C=C(N)C(Nc1ccc(CCC(C)=O)cc1)C(C)NC. The maximum Gasteiger partial charge on any atom is 0.130 e. The summed E-state index contributed by atoms with van der Waals surface area (Å²) >= 11 is 0. The molecule has 0 aliphatic heterocycles. The third kappa shape index (κ3) is 5.05. The Kier molecular flexibility index (Phi) is 6.25. The lowest BCUT2D eigenvalue weighted by Gasteiger charge is -2.26. The predicted molar refractivity (Wildman–Crippen MR) is 84.7 cm³/mol. The molecule has 0 spiro atoms.